The lowest BCUT2D eigenvalue weighted by molar-refractivity contribution is -0.133. The maximum absolute atomic E-state index is 13.7. The molecule has 1 aliphatic heterocycles. The number of rotatable bonds is 6. The van der Waals surface area contributed by atoms with E-state index in [1.807, 2.05) is 52.3 Å². The van der Waals surface area contributed by atoms with E-state index in [0.29, 0.717) is 39.1 Å². The summed E-state index contributed by atoms with van der Waals surface area (Å²) in [7, 11) is 1.66. The van der Waals surface area contributed by atoms with Crippen molar-refractivity contribution in [3.63, 3.8) is 0 Å². The van der Waals surface area contributed by atoms with Crippen molar-refractivity contribution in [3.05, 3.63) is 89.5 Å². The molecule has 0 fully saturated rings. The average molecular weight is 531 g/mol. The molecule has 39 heavy (non-hydrogen) atoms. The number of aromatic hydroxyl groups is 1. The fourth-order valence-electron chi connectivity index (χ4n) is 5.05. The second-order valence-corrected chi connectivity index (χ2v) is 10.0. The molecule has 0 aromatic heterocycles. The SMILES string of the molecule is COc1cccc(CN2CCCN(C(C)=O)c3ccccc3CN(C(=O)[C@@H](N)Cc3ccc(O)cc3)CC2)c1. The van der Waals surface area contributed by atoms with Crippen molar-refractivity contribution in [2.45, 2.75) is 38.9 Å². The molecule has 0 unspecified atom stereocenters. The van der Waals surface area contributed by atoms with Gasteiger partial charge in [-0.3, -0.25) is 14.5 Å². The molecule has 4 rings (SSSR count). The summed E-state index contributed by atoms with van der Waals surface area (Å²) in [5.74, 6) is 0.810. The second-order valence-electron chi connectivity index (χ2n) is 10.0. The molecule has 8 nitrogen and oxygen atoms in total. The van der Waals surface area contributed by atoms with Gasteiger partial charge >= 0.3 is 0 Å². The normalized spacial score (nSPS) is 15.7. The van der Waals surface area contributed by atoms with Gasteiger partial charge in [-0.05, 0) is 59.9 Å². The molecular formula is C31H38N4O4. The van der Waals surface area contributed by atoms with Crippen molar-refractivity contribution < 1.29 is 19.4 Å². The highest BCUT2D eigenvalue weighted by Crippen LogP contribution is 2.24. The Morgan fingerprint density at radius 2 is 1.72 bits per heavy atom. The Balaban J connectivity index is 1.60. The van der Waals surface area contributed by atoms with Crippen LogP contribution < -0.4 is 15.4 Å². The summed E-state index contributed by atoms with van der Waals surface area (Å²) >= 11 is 0. The molecule has 1 aliphatic rings. The number of fused-ring (bicyclic) bond motifs is 1. The van der Waals surface area contributed by atoms with Crippen molar-refractivity contribution in [2.75, 3.05) is 38.2 Å². The van der Waals surface area contributed by atoms with E-state index in [2.05, 4.69) is 11.0 Å². The van der Waals surface area contributed by atoms with Gasteiger partial charge in [0, 0.05) is 51.9 Å². The van der Waals surface area contributed by atoms with E-state index >= 15 is 0 Å². The van der Waals surface area contributed by atoms with Gasteiger partial charge in [0.1, 0.15) is 11.5 Å². The van der Waals surface area contributed by atoms with Gasteiger partial charge in [0.05, 0.1) is 13.2 Å². The Morgan fingerprint density at radius 3 is 2.46 bits per heavy atom. The number of phenolic OH excluding ortho intramolecular Hbond substituents is 1. The third-order valence-corrected chi connectivity index (χ3v) is 7.13. The number of amides is 2. The van der Waals surface area contributed by atoms with Crippen molar-refractivity contribution in [2.24, 2.45) is 5.73 Å². The summed E-state index contributed by atoms with van der Waals surface area (Å²) in [6.07, 6.45) is 1.16. The summed E-state index contributed by atoms with van der Waals surface area (Å²) < 4.78 is 5.40. The Morgan fingerprint density at radius 1 is 0.949 bits per heavy atom. The predicted molar refractivity (Wildman–Crippen MR) is 153 cm³/mol. The second kappa shape index (κ2) is 13.3. The predicted octanol–water partition coefficient (Wildman–Crippen LogP) is 3.56. The van der Waals surface area contributed by atoms with Crippen LogP contribution in [0.25, 0.3) is 0 Å². The number of methoxy groups -OCH3 is 1. The largest absolute Gasteiger partial charge is 0.508 e. The molecule has 1 atom stereocenters. The summed E-state index contributed by atoms with van der Waals surface area (Å²) in [5, 5.41) is 9.60. The van der Waals surface area contributed by atoms with Gasteiger partial charge in [0.15, 0.2) is 0 Å². The van der Waals surface area contributed by atoms with Gasteiger partial charge in [0.2, 0.25) is 11.8 Å². The maximum Gasteiger partial charge on any atom is 0.240 e. The molecule has 206 valence electrons. The van der Waals surface area contributed by atoms with Crippen LogP contribution in [0.15, 0.2) is 72.8 Å². The number of nitrogens with zero attached hydrogens (tertiary/aromatic N) is 3. The molecule has 0 spiro atoms. The lowest BCUT2D eigenvalue weighted by Gasteiger charge is -2.30. The highest BCUT2D eigenvalue weighted by molar-refractivity contribution is 5.92. The molecule has 3 N–H and O–H groups in total. The molecule has 0 saturated heterocycles. The van der Waals surface area contributed by atoms with Crippen molar-refractivity contribution in [1.29, 1.82) is 0 Å². The molecule has 8 heteroatoms. The number of carbonyl (C=O) groups is 2. The number of ether oxygens (including phenoxy) is 1. The monoisotopic (exact) mass is 530 g/mol. The van der Waals surface area contributed by atoms with Crippen LogP contribution >= 0.6 is 0 Å². The van der Waals surface area contributed by atoms with E-state index < -0.39 is 6.04 Å². The van der Waals surface area contributed by atoms with Gasteiger partial charge in [-0.25, -0.2) is 0 Å². The topological polar surface area (TPSA) is 99.3 Å². The number of phenols is 1. The van der Waals surface area contributed by atoms with Gasteiger partial charge in [-0.2, -0.15) is 0 Å². The minimum Gasteiger partial charge on any atom is -0.508 e. The zero-order chi connectivity index (χ0) is 27.8. The zero-order valence-electron chi connectivity index (χ0n) is 22.8. The van der Waals surface area contributed by atoms with Gasteiger partial charge in [-0.15, -0.1) is 0 Å². The molecule has 0 radical (unpaired) electrons. The van der Waals surface area contributed by atoms with Gasteiger partial charge < -0.3 is 25.4 Å². The molecular weight excluding hydrogens is 492 g/mol. The van der Waals surface area contributed by atoms with E-state index in [1.54, 1.807) is 38.3 Å². The summed E-state index contributed by atoms with van der Waals surface area (Å²) in [5.41, 5.74) is 10.2. The van der Waals surface area contributed by atoms with Crippen molar-refractivity contribution in [3.8, 4) is 11.5 Å². The summed E-state index contributed by atoms with van der Waals surface area (Å²) in [6, 6.07) is 21.8. The third kappa shape index (κ3) is 7.59. The highest BCUT2D eigenvalue weighted by atomic mass is 16.5. The molecule has 0 aliphatic carbocycles. The summed E-state index contributed by atoms with van der Waals surface area (Å²) in [6.45, 7) is 5.17. The third-order valence-electron chi connectivity index (χ3n) is 7.13. The first-order valence-corrected chi connectivity index (χ1v) is 13.4. The fraction of sp³-hybridized carbons (Fsp3) is 0.355. The van der Waals surface area contributed by atoms with Crippen LogP contribution in [-0.2, 0) is 29.1 Å². The van der Waals surface area contributed by atoms with Crippen LogP contribution in [0.1, 0.15) is 30.0 Å². The number of hydrogen-bond donors (Lipinski definition) is 2. The number of benzene rings is 3. The maximum atomic E-state index is 13.7. The van der Waals surface area contributed by atoms with Gasteiger partial charge in [0.25, 0.3) is 0 Å². The van der Waals surface area contributed by atoms with E-state index in [9.17, 15) is 14.7 Å². The Labute approximate surface area is 230 Å². The van der Waals surface area contributed by atoms with Crippen molar-refractivity contribution >= 4 is 17.5 Å². The van der Waals surface area contributed by atoms with Crippen LogP contribution in [0.3, 0.4) is 0 Å². The Kier molecular flexibility index (Phi) is 9.57. The van der Waals surface area contributed by atoms with Crippen LogP contribution in [0, 0.1) is 0 Å². The lowest BCUT2D eigenvalue weighted by atomic mass is 10.0. The van der Waals surface area contributed by atoms with E-state index in [-0.39, 0.29) is 17.6 Å². The molecule has 0 saturated carbocycles. The quantitative estimate of drug-likeness (QED) is 0.506. The lowest BCUT2D eigenvalue weighted by Crippen LogP contribution is -2.47. The van der Waals surface area contributed by atoms with Crippen LogP contribution in [0.5, 0.6) is 11.5 Å². The summed E-state index contributed by atoms with van der Waals surface area (Å²) in [4.78, 5) is 32.3. The number of anilines is 1. The van der Waals surface area contributed by atoms with Crippen LogP contribution in [0.2, 0.25) is 0 Å². The van der Waals surface area contributed by atoms with Crippen molar-refractivity contribution in [1.82, 2.24) is 9.80 Å². The smallest absolute Gasteiger partial charge is 0.240 e. The van der Waals surface area contributed by atoms with E-state index in [0.717, 1.165) is 41.1 Å². The minimum absolute atomic E-state index is 0.0250. The molecule has 2 amide bonds. The fourth-order valence-corrected chi connectivity index (χ4v) is 5.05. The van der Waals surface area contributed by atoms with E-state index in [1.165, 1.54) is 0 Å². The van der Waals surface area contributed by atoms with E-state index in [4.69, 9.17) is 10.5 Å². The number of hydrogen-bond acceptors (Lipinski definition) is 6. The first kappa shape index (κ1) is 28.1. The molecule has 0 bridgehead atoms. The Bertz CT molecular complexity index is 1260. The van der Waals surface area contributed by atoms with Crippen LogP contribution in [0.4, 0.5) is 5.69 Å². The first-order chi connectivity index (χ1) is 18.8. The first-order valence-electron chi connectivity index (χ1n) is 13.4. The Hall–Kier alpha value is -3.88. The number of carbonyl (C=O) groups excluding carboxylic acids is 2. The highest BCUT2D eigenvalue weighted by Gasteiger charge is 2.25. The van der Waals surface area contributed by atoms with Crippen LogP contribution in [-0.4, -0.2) is 66.1 Å². The minimum atomic E-state index is -0.734. The zero-order valence-corrected chi connectivity index (χ0v) is 22.8. The van der Waals surface area contributed by atoms with Gasteiger partial charge in [-0.1, -0.05) is 42.5 Å². The number of para-hydroxylation sites is 1. The number of nitrogens with two attached hydrogens (primary N) is 1. The average Bonchev–Trinajstić information content (AvgIpc) is 2.97. The standard InChI is InChI=1S/C31H38N4O4/c1-23(36)35-16-6-15-33(21-25-7-5-9-28(19-25)39-2)17-18-34(22-26-8-3-4-10-30(26)35)31(38)29(32)20-24-11-13-27(37)14-12-24/h3-5,7-14,19,29,37H,6,15-18,20-22,32H2,1-2H3/t29-/m0/s1. The molecule has 3 aromatic carbocycles. The molecule has 3 aromatic rings. The molecule has 1 heterocycles.